The number of thioether (sulfide) groups is 1. The van der Waals surface area contributed by atoms with Gasteiger partial charge in [-0.05, 0) is 86.0 Å². The van der Waals surface area contributed by atoms with Crippen molar-refractivity contribution in [2.75, 3.05) is 11.9 Å². The molecule has 4 aromatic carbocycles. The Bertz CT molecular complexity index is 1530. The molecule has 37 heavy (non-hydrogen) atoms. The van der Waals surface area contributed by atoms with Crippen LogP contribution in [0.4, 0.5) is 10.5 Å². The van der Waals surface area contributed by atoms with Crippen molar-refractivity contribution in [3.05, 3.63) is 112 Å². The minimum Gasteiger partial charge on any atom is -0.489 e. The summed E-state index contributed by atoms with van der Waals surface area (Å²) < 4.78 is 6.63. The van der Waals surface area contributed by atoms with E-state index in [0.717, 1.165) is 27.8 Å². The number of imide groups is 1. The van der Waals surface area contributed by atoms with E-state index in [9.17, 15) is 14.4 Å². The molecule has 5 rings (SSSR count). The summed E-state index contributed by atoms with van der Waals surface area (Å²) in [5, 5.41) is 4.58. The maximum absolute atomic E-state index is 12.8. The number of halogens is 1. The minimum absolute atomic E-state index is 0.267. The van der Waals surface area contributed by atoms with Crippen molar-refractivity contribution in [2.45, 2.75) is 6.61 Å². The van der Waals surface area contributed by atoms with E-state index in [0.29, 0.717) is 22.5 Å². The van der Waals surface area contributed by atoms with Crippen LogP contribution >= 0.6 is 27.7 Å². The van der Waals surface area contributed by atoms with Crippen molar-refractivity contribution >= 4 is 67.3 Å². The number of anilines is 1. The van der Waals surface area contributed by atoms with Crippen molar-refractivity contribution in [3.8, 4) is 5.75 Å². The Labute approximate surface area is 226 Å². The lowest BCUT2D eigenvalue weighted by Gasteiger charge is -2.13. The number of carbonyl (C=O) groups is 3. The lowest BCUT2D eigenvalue weighted by atomic mass is 10.1. The first-order valence-corrected chi connectivity index (χ1v) is 13.1. The maximum atomic E-state index is 12.8. The van der Waals surface area contributed by atoms with Crippen LogP contribution in [0.1, 0.15) is 11.1 Å². The molecular weight excluding hydrogens is 552 g/mol. The predicted molar refractivity (Wildman–Crippen MR) is 150 cm³/mol. The maximum Gasteiger partial charge on any atom is 0.294 e. The number of nitrogens with zero attached hydrogens (tertiary/aromatic N) is 1. The number of benzene rings is 4. The highest BCUT2D eigenvalue weighted by atomic mass is 79.9. The lowest BCUT2D eigenvalue weighted by molar-refractivity contribution is -0.127. The van der Waals surface area contributed by atoms with Crippen LogP contribution < -0.4 is 10.1 Å². The number of ether oxygens (including phenoxy) is 1. The zero-order valence-corrected chi connectivity index (χ0v) is 21.9. The van der Waals surface area contributed by atoms with Crippen LogP contribution in [0.15, 0.2) is 100 Å². The monoisotopic (exact) mass is 572 g/mol. The summed E-state index contributed by atoms with van der Waals surface area (Å²) >= 11 is 4.18. The molecule has 0 aliphatic carbocycles. The van der Waals surface area contributed by atoms with Gasteiger partial charge >= 0.3 is 0 Å². The fraction of sp³-hybridized carbons (Fsp3) is 0.0690. The molecule has 1 fully saturated rings. The molecule has 1 saturated heterocycles. The number of hydrogen-bond donors (Lipinski definition) is 1. The average molecular weight is 573 g/mol. The van der Waals surface area contributed by atoms with Gasteiger partial charge in [-0.15, -0.1) is 0 Å². The van der Waals surface area contributed by atoms with E-state index < -0.39 is 17.1 Å². The molecular formula is C29H21BrN2O4S. The van der Waals surface area contributed by atoms with Crippen LogP contribution in [0.25, 0.3) is 16.8 Å². The SMILES string of the molecule is O=C(CN1C(=O)S/C(=C\c2ccc(OCc3ccc4ccccc4c3)cc2)C1=O)Nc1ccccc1Br. The summed E-state index contributed by atoms with van der Waals surface area (Å²) in [6, 6.07) is 28.8. The molecule has 0 unspecified atom stereocenters. The fourth-order valence-corrected chi connectivity index (χ4v) is 5.06. The van der Waals surface area contributed by atoms with E-state index in [1.54, 1.807) is 24.3 Å². The third-order valence-corrected chi connectivity index (χ3v) is 7.32. The van der Waals surface area contributed by atoms with Gasteiger partial charge < -0.3 is 10.1 Å². The molecule has 0 saturated carbocycles. The lowest BCUT2D eigenvalue weighted by Crippen LogP contribution is -2.36. The Hall–Kier alpha value is -3.88. The molecule has 3 amide bonds. The second kappa shape index (κ2) is 11.0. The molecule has 0 radical (unpaired) electrons. The summed E-state index contributed by atoms with van der Waals surface area (Å²) in [7, 11) is 0. The normalized spacial score (nSPS) is 14.4. The Morgan fingerprint density at radius 1 is 0.919 bits per heavy atom. The number of hydrogen-bond acceptors (Lipinski definition) is 5. The van der Waals surface area contributed by atoms with Gasteiger partial charge in [0.1, 0.15) is 18.9 Å². The van der Waals surface area contributed by atoms with E-state index in [2.05, 4.69) is 45.5 Å². The number of fused-ring (bicyclic) bond motifs is 1. The molecule has 0 spiro atoms. The first-order valence-electron chi connectivity index (χ1n) is 11.5. The van der Waals surface area contributed by atoms with Crippen LogP contribution in [-0.4, -0.2) is 28.5 Å². The molecule has 1 heterocycles. The van der Waals surface area contributed by atoms with E-state index in [4.69, 9.17) is 4.74 Å². The van der Waals surface area contributed by atoms with Crippen LogP contribution in [0.2, 0.25) is 0 Å². The van der Waals surface area contributed by atoms with Gasteiger partial charge in [0.2, 0.25) is 5.91 Å². The van der Waals surface area contributed by atoms with Crippen LogP contribution in [-0.2, 0) is 16.2 Å². The number of para-hydroxylation sites is 1. The quantitative estimate of drug-likeness (QED) is 0.245. The van der Waals surface area contributed by atoms with Crippen molar-refractivity contribution in [1.29, 1.82) is 0 Å². The number of rotatable bonds is 7. The Morgan fingerprint density at radius 3 is 2.43 bits per heavy atom. The van der Waals surface area contributed by atoms with Crippen LogP contribution in [0, 0.1) is 0 Å². The van der Waals surface area contributed by atoms with E-state index >= 15 is 0 Å². The topological polar surface area (TPSA) is 75.7 Å². The summed E-state index contributed by atoms with van der Waals surface area (Å²) in [4.78, 5) is 38.8. The van der Waals surface area contributed by atoms with Crippen molar-refractivity contribution in [2.24, 2.45) is 0 Å². The summed E-state index contributed by atoms with van der Waals surface area (Å²) in [5.74, 6) is -0.251. The molecule has 6 nitrogen and oxygen atoms in total. The van der Waals surface area contributed by atoms with Gasteiger partial charge in [-0.25, -0.2) is 0 Å². The van der Waals surface area contributed by atoms with Gasteiger partial charge in [0.25, 0.3) is 11.1 Å². The third kappa shape index (κ3) is 5.93. The summed E-state index contributed by atoms with van der Waals surface area (Å²) in [6.45, 7) is 0.0789. The Balaban J connectivity index is 1.19. The molecule has 0 aromatic heterocycles. The van der Waals surface area contributed by atoms with Crippen molar-refractivity contribution in [3.63, 3.8) is 0 Å². The van der Waals surface area contributed by atoms with Gasteiger partial charge in [0.15, 0.2) is 0 Å². The van der Waals surface area contributed by atoms with Crippen molar-refractivity contribution in [1.82, 2.24) is 4.90 Å². The van der Waals surface area contributed by atoms with Crippen LogP contribution in [0.5, 0.6) is 5.75 Å². The first kappa shape index (κ1) is 24.8. The molecule has 1 N–H and O–H groups in total. The number of amides is 3. The molecule has 0 bridgehead atoms. The smallest absolute Gasteiger partial charge is 0.294 e. The second-order valence-electron chi connectivity index (χ2n) is 8.34. The molecule has 184 valence electrons. The molecule has 1 aliphatic heterocycles. The van der Waals surface area contributed by atoms with E-state index in [-0.39, 0.29) is 11.4 Å². The van der Waals surface area contributed by atoms with Gasteiger partial charge in [-0.1, -0.05) is 60.7 Å². The molecule has 0 atom stereocenters. The highest BCUT2D eigenvalue weighted by Crippen LogP contribution is 2.32. The standard InChI is InChI=1S/C29H21BrN2O4S/c30-24-7-3-4-8-25(24)31-27(33)17-32-28(34)26(37-29(32)35)16-19-10-13-23(14-11-19)36-18-20-9-12-21-5-1-2-6-22(21)15-20/h1-16H,17-18H2,(H,31,33)/b26-16-. The molecule has 8 heteroatoms. The third-order valence-electron chi connectivity index (χ3n) is 5.72. The average Bonchev–Trinajstić information content (AvgIpc) is 3.16. The first-order chi connectivity index (χ1) is 18.0. The summed E-state index contributed by atoms with van der Waals surface area (Å²) in [5.41, 5.74) is 2.39. The summed E-state index contributed by atoms with van der Waals surface area (Å²) in [6.07, 6.45) is 1.64. The molecule has 1 aliphatic rings. The number of carbonyl (C=O) groups excluding carboxylic acids is 3. The van der Waals surface area contributed by atoms with Gasteiger partial charge in [-0.3, -0.25) is 19.3 Å². The van der Waals surface area contributed by atoms with E-state index in [1.165, 1.54) is 10.8 Å². The van der Waals surface area contributed by atoms with Crippen molar-refractivity contribution < 1.29 is 19.1 Å². The van der Waals surface area contributed by atoms with Gasteiger partial charge in [0, 0.05) is 4.47 Å². The Morgan fingerprint density at radius 2 is 1.65 bits per heavy atom. The number of nitrogens with one attached hydrogen (secondary N) is 1. The zero-order valence-electron chi connectivity index (χ0n) is 19.5. The Kier molecular flexibility index (Phi) is 7.39. The second-order valence-corrected chi connectivity index (χ2v) is 10.2. The fourth-order valence-electron chi connectivity index (χ4n) is 3.84. The highest BCUT2D eigenvalue weighted by Gasteiger charge is 2.36. The zero-order chi connectivity index (χ0) is 25.8. The van der Waals surface area contributed by atoms with Gasteiger partial charge in [-0.2, -0.15) is 0 Å². The van der Waals surface area contributed by atoms with Crippen LogP contribution in [0.3, 0.4) is 0 Å². The highest BCUT2D eigenvalue weighted by molar-refractivity contribution is 9.10. The largest absolute Gasteiger partial charge is 0.489 e. The molecule has 4 aromatic rings. The minimum atomic E-state index is -0.492. The van der Waals surface area contributed by atoms with Gasteiger partial charge in [0.05, 0.1) is 10.6 Å². The van der Waals surface area contributed by atoms with E-state index in [1.807, 2.05) is 48.5 Å². The predicted octanol–water partition coefficient (Wildman–Crippen LogP) is 6.86.